The van der Waals surface area contributed by atoms with E-state index in [0.29, 0.717) is 18.6 Å². The third-order valence-electron chi connectivity index (χ3n) is 2.54. The number of likely N-dealkylation sites (tertiary alicyclic amines) is 1. The van der Waals surface area contributed by atoms with Crippen molar-refractivity contribution < 1.29 is 9.59 Å². The van der Waals surface area contributed by atoms with Crippen LogP contribution in [0.15, 0.2) is 5.10 Å². The van der Waals surface area contributed by atoms with Gasteiger partial charge in [0, 0.05) is 25.9 Å². The summed E-state index contributed by atoms with van der Waals surface area (Å²) in [7, 11) is 0. The molecule has 2 heterocycles. The van der Waals surface area contributed by atoms with Gasteiger partial charge >= 0.3 is 0 Å². The molecule has 1 fully saturated rings. The van der Waals surface area contributed by atoms with Crippen LogP contribution < -0.4 is 5.43 Å². The smallest absolute Gasteiger partial charge is 0.270 e. The average molecular weight is 195 g/mol. The van der Waals surface area contributed by atoms with Gasteiger partial charge in [0.2, 0.25) is 5.91 Å². The number of carbonyl (C=O) groups excluding carboxylic acids is 2. The van der Waals surface area contributed by atoms with Crippen molar-refractivity contribution >= 4 is 17.5 Å². The Bertz CT molecular complexity index is 292. The summed E-state index contributed by atoms with van der Waals surface area (Å²) in [4.78, 5) is 24.4. The highest BCUT2D eigenvalue weighted by Gasteiger charge is 2.25. The van der Waals surface area contributed by atoms with Gasteiger partial charge in [-0.1, -0.05) is 0 Å². The maximum Gasteiger partial charge on any atom is 0.270 e. The summed E-state index contributed by atoms with van der Waals surface area (Å²) < 4.78 is 0. The summed E-state index contributed by atoms with van der Waals surface area (Å²) in [5, 5.41) is 3.78. The van der Waals surface area contributed by atoms with Gasteiger partial charge in [-0.25, -0.2) is 5.43 Å². The quantitative estimate of drug-likeness (QED) is 0.633. The minimum Gasteiger partial charge on any atom is -0.338 e. The molecule has 0 aliphatic carbocycles. The van der Waals surface area contributed by atoms with Crippen LogP contribution in [0.1, 0.15) is 25.7 Å². The van der Waals surface area contributed by atoms with E-state index in [0.717, 1.165) is 25.9 Å². The van der Waals surface area contributed by atoms with E-state index >= 15 is 0 Å². The molecule has 2 rings (SSSR count). The van der Waals surface area contributed by atoms with Gasteiger partial charge in [-0.15, -0.1) is 0 Å². The molecule has 2 aliphatic rings. The van der Waals surface area contributed by atoms with Crippen molar-refractivity contribution in [2.75, 3.05) is 13.1 Å². The highest BCUT2D eigenvalue weighted by Crippen LogP contribution is 2.10. The first-order chi connectivity index (χ1) is 6.77. The van der Waals surface area contributed by atoms with E-state index in [1.807, 2.05) is 0 Å². The van der Waals surface area contributed by atoms with Crippen LogP contribution >= 0.6 is 0 Å². The van der Waals surface area contributed by atoms with E-state index < -0.39 is 0 Å². The fourth-order valence-corrected chi connectivity index (χ4v) is 1.73. The molecule has 1 N–H and O–H groups in total. The Morgan fingerprint density at radius 3 is 2.57 bits per heavy atom. The molecule has 0 bridgehead atoms. The molecule has 2 amide bonds. The summed E-state index contributed by atoms with van der Waals surface area (Å²) >= 11 is 0. The van der Waals surface area contributed by atoms with E-state index in [4.69, 9.17) is 0 Å². The van der Waals surface area contributed by atoms with Gasteiger partial charge in [-0.05, 0) is 12.8 Å². The number of rotatable bonds is 1. The normalized spacial score (nSPS) is 21.9. The summed E-state index contributed by atoms with van der Waals surface area (Å²) in [6.07, 6.45) is 3.00. The second-order valence-electron chi connectivity index (χ2n) is 3.59. The predicted molar refractivity (Wildman–Crippen MR) is 50.6 cm³/mol. The zero-order valence-electron chi connectivity index (χ0n) is 7.95. The summed E-state index contributed by atoms with van der Waals surface area (Å²) in [6, 6.07) is 0. The molecule has 0 aromatic rings. The van der Waals surface area contributed by atoms with Crippen LogP contribution in [-0.2, 0) is 9.59 Å². The zero-order chi connectivity index (χ0) is 9.97. The summed E-state index contributed by atoms with van der Waals surface area (Å²) in [5.74, 6) is -0.120. The average Bonchev–Trinajstić information content (AvgIpc) is 2.71. The third kappa shape index (κ3) is 1.76. The standard InChI is InChI=1S/C9H13N3O2/c13-8-4-3-7(10-11-8)9(14)12-5-1-2-6-12/h1-6H2,(H,11,13). The van der Waals surface area contributed by atoms with Gasteiger partial charge in [0.1, 0.15) is 5.71 Å². The molecule has 0 aromatic carbocycles. The molecule has 5 heteroatoms. The molecular weight excluding hydrogens is 182 g/mol. The van der Waals surface area contributed by atoms with Gasteiger partial charge in [0.15, 0.2) is 0 Å². The van der Waals surface area contributed by atoms with Crippen LogP contribution in [0.3, 0.4) is 0 Å². The molecule has 76 valence electrons. The highest BCUT2D eigenvalue weighted by molar-refractivity contribution is 6.39. The minimum atomic E-state index is -0.108. The first-order valence-electron chi connectivity index (χ1n) is 4.92. The molecule has 2 aliphatic heterocycles. The van der Waals surface area contributed by atoms with Crippen molar-refractivity contribution in [3.05, 3.63) is 0 Å². The SMILES string of the molecule is O=C1CCC(C(=O)N2CCCC2)=NN1. The molecule has 5 nitrogen and oxygen atoms in total. The molecule has 0 aromatic heterocycles. The molecule has 1 saturated heterocycles. The fourth-order valence-electron chi connectivity index (χ4n) is 1.73. The van der Waals surface area contributed by atoms with Crippen molar-refractivity contribution in [3.63, 3.8) is 0 Å². The van der Waals surface area contributed by atoms with Crippen molar-refractivity contribution in [2.45, 2.75) is 25.7 Å². The number of carbonyl (C=O) groups is 2. The maximum absolute atomic E-state index is 11.8. The number of hydrogen-bond acceptors (Lipinski definition) is 3. The lowest BCUT2D eigenvalue weighted by Gasteiger charge is -2.18. The number of amides is 2. The predicted octanol–water partition coefficient (Wildman–Crippen LogP) is -0.125. The molecule has 0 unspecified atom stereocenters. The highest BCUT2D eigenvalue weighted by atomic mass is 16.2. The van der Waals surface area contributed by atoms with Crippen LogP contribution in [0.4, 0.5) is 0 Å². The zero-order valence-corrected chi connectivity index (χ0v) is 7.95. The second kappa shape index (κ2) is 3.77. The van der Waals surface area contributed by atoms with E-state index in [-0.39, 0.29) is 11.8 Å². The second-order valence-corrected chi connectivity index (χ2v) is 3.59. The lowest BCUT2D eigenvalue weighted by Crippen LogP contribution is -2.38. The Labute approximate surface area is 82.1 Å². The number of hydrazone groups is 1. The van der Waals surface area contributed by atoms with E-state index in [1.165, 1.54) is 0 Å². The van der Waals surface area contributed by atoms with Crippen LogP contribution in [-0.4, -0.2) is 35.5 Å². The van der Waals surface area contributed by atoms with Gasteiger partial charge < -0.3 is 4.90 Å². The van der Waals surface area contributed by atoms with Gasteiger partial charge in [0.25, 0.3) is 5.91 Å². The van der Waals surface area contributed by atoms with E-state index in [2.05, 4.69) is 10.5 Å². The Kier molecular flexibility index (Phi) is 2.47. The Balaban J connectivity index is 2.00. The van der Waals surface area contributed by atoms with Crippen LogP contribution in [0.2, 0.25) is 0 Å². The van der Waals surface area contributed by atoms with Crippen molar-refractivity contribution in [1.29, 1.82) is 0 Å². The van der Waals surface area contributed by atoms with Crippen molar-refractivity contribution in [1.82, 2.24) is 10.3 Å². The third-order valence-corrected chi connectivity index (χ3v) is 2.54. The summed E-state index contributed by atoms with van der Waals surface area (Å²) in [5.41, 5.74) is 2.83. The summed E-state index contributed by atoms with van der Waals surface area (Å²) in [6.45, 7) is 1.65. The first kappa shape index (κ1) is 9.18. The number of hydrogen-bond donors (Lipinski definition) is 1. The molecular formula is C9H13N3O2. The molecule has 0 spiro atoms. The Morgan fingerprint density at radius 1 is 1.29 bits per heavy atom. The number of nitrogens with one attached hydrogen (secondary N) is 1. The first-order valence-corrected chi connectivity index (χ1v) is 4.92. The fraction of sp³-hybridized carbons (Fsp3) is 0.667. The van der Waals surface area contributed by atoms with Gasteiger partial charge in [0.05, 0.1) is 0 Å². The lowest BCUT2D eigenvalue weighted by molar-refractivity contribution is -0.123. The van der Waals surface area contributed by atoms with Crippen LogP contribution in [0.5, 0.6) is 0 Å². The van der Waals surface area contributed by atoms with Crippen LogP contribution in [0.25, 0.3) is 0 Å². The monoisotopic (exact) mass is 195 g/mol. The van der Waals surface area contributed by atoms with Crippen LogP contribution in [0, 0.1) is 0 Å². The maximum atomic E-state index is 11.8. The number of nitrogens with zero attached hydrogens (tertiary/aromatic N) is 2. The molecule has 0 saturated carbocycles. The lowest BCUT2D eigenvalue weighted by atomic mass is 10.1. The molecule has 14 heavy (non-hydrogen) atoms. The van der Waals surface area contributed by atoms with E-state index in [9.17, 15) is 9.59 Å². The van der Waals surface area contributed by atoms with Crippen molar-refractivity contribution in [2.24, 2.45) is 5.10 Å². The minimum absolute atomic E-state index is 0.0116. The Morgan fingerprint density at radius 2 is 2.00 bits per heavy atom. The van der Waals surface area contributed by atoms with E-state index in [1.54, 1.807) is 4.90 Å². The Hall–Kier alpha value is -1.39. The topological polar surface area (TPSA) is 61.8 Å². The molecule has 0 atom stereocenters. The molecule has 0 radical (unpaired) electrons. The largest absolute Gasteiger partial charge is 0.338 e. The van der Waals surface area contributed by atoms with Gasteiger partial charge in [-0.3, -0.25) is 9.59 Å². The van der Waals surface area contributed by atoms with Crippen molar-refractivity contribution in [3.8, 4) is 0 Å². The van der Waals surface area contributed by atoms with Gasteiger partial charge in [-0.2, -0.15) is 5.10 Å².